The van der Waals surface area contributed by atoms with Crippen LogP contribution >= 0.6 is 23.4 Å². The van der Waals surface area contributed by atoms with Gasteiger partial charge in [0.1, 0.15) is 0 Å². The Morgan fingerprint density at radius 2 is 1.95 bits per heavy atom. The zero-order chi connectivity index (χ0) is 15.2. The highest BCUT2D eigenvalue weighted by Gasteiger charge is 2.11. The van der Waals surface area contributed by atoms with Gasteiger partial charge in [-0.2, -0.15) is 0 Å². The molecule has 2 amide bonds. The molecule has 2 rings (SSSR count). The molecular weight excluding hydrogens is 316 g/mol. The molecule has 0 spiro atoms. The van der Waals surface area contributed by atoms with Crippen LogP contribution in [-0.4, -0.2) is 27.8 Å². The average molecular weight is 327 g/mol. The third-order valence-corrected chi connectivity index (χ3v) is 3.27. The number of nitrogens with one attached hydrogen (secondary N) is 2. The standard InChI is InChI=1S/C12H11ClN4O3S/c1-7(18)14-15-10(19)6-21-12-17-16-11(20-12)8-2-4-9(13)5-3-8/h2-5H,6H2,1H3,(H,14,18)(H,15,19). The topological polar surface area (TPSA) is 97.1 Å². The highest BCUT2D eigenvalue weighted by Crippen LogP contribution is 2.24. The van der Waals surface area contributed by atoms with Crippen molar-refractivity contribution in [2.24, 2.45) is 0 Å². The first-order valence-electron chi connectivity index (χ1n) is 5.82. The van der Waals surface area contributed by atoms with Crippen molar-refractivity contribution in [3.05, 3.63) is 29.3 Å². The van der Waals surface area contributed by atoms with Crippen molar-refractivity contribution in [2.45, 2.75) is 12.1 Å². The molecule has 0 bridgehead atoms. The van der Waals surface area contributed by atoms with Crippen LogP contribution in [-0.2, 0) is 9.59 Å². The maximum Gasteiger partial charge on any atom is 0.277 e. The number of rotatable bonds is 4. The number of hydrogen-bond donors (Lipinski definition) is 2. The molecule has 21 heavy (non-hydrogen) atoms. The minimum Gasteiger partial charge on any atom is -0.411 e. The molecule has 0 radical (unpaired) electrons. The van der Waals surface area contributed by atoms with E-state index in [-0.39, 0.29) is 22.8 Å². The minimum atomic E-state index is -0.374. The molecule has 0 aliphatic rings. The summed E-state index contributed by atoms with van der Waals surface area (Å²) in [5.41, 5.74) is 5.16. The fraction of sp³-hybridized carbons (Fsp3) is 0.167. The van der Waals surface area contributed by atoms with E-state index in [1.165, 1.54) is 6.92 Å². The van der Waals surface area contributed by atoms with E-state index in [9.17, 15) is 9.59 Å². The Kier molecular flexibility index (Phi) is 5.18. The van der Waals surface area contributed by atoms with Crippen LogP contribution in [0.5, 0.6) is 0 Å². The predicted molar refractivity (Wildman–Crippen MR) is 77.4 cm³/mol. The van der Waals surface area contributed by atoms with Crippen molar-refractivity contribution < 1.29 is 14.0 Å². The number of thioether (sulfide) groups is 1. The van der Waals surface area contributed by atoms with Gasteiger partial charge in [0.25, 0.3) is 5.22 Å². The van der Waals surface area contributed by atoms with Gasteiger partial charge in [0.15, 0.2) is 0 Å². The maximum atomic E-state index is 11.4. The summed E-state index contributed by atoms with van der Waals surface area (Å²) in [5.74, 6) is -0.336. The Morgan fingerprint density at radius 1 is 1.24 bits per heavy atom. The van der Waals surface area contributed by atoms with E-state index < -0.39 is 0 Å². The lowest BCUT2D eigenvalue weighted by Gasteiger charge is -2.02. The van der Waals surface area contributed by atoms with Crippen LogP contribution in [0, 0.1) is 0 Å². The van der Waals surface area contributed by atoms with Gasteiger partial charge in [0.2, 0.25) is 17.7 Å². The minimum absolute atomic E-state index is 0.0442. The fourth-order valence-corrected chi connectivity index (χ4v) is 1.99. The summed E-state index contributed by atoms with van der Waals surface area (Å²) < 4.78 is 5.42. The van der Waals surface area contributed by atoms with Crippen molar-refractivity contribution in [1.29, 1.82) is 0 Å². The largest absolute Gasteiger partial charge is 0.411 e. The van der Waals surface area contributed by atoms with Crippen LogP contribution in [0.2, 0.25) is 5.02 Å². The van der Waals surface area contributed by atoms with E-state index in [2.05, 4.69) is 21.0 Å². The van der Waals surface area contributed by atoms with Crippen LogP contribution in [0.3, 0.4) is 0 Å². The zero-order valence-electron chi connectivity index (χ0n) is 10.9. The number of amides is 2. The van der Waals surface area contributed by atoms with E-state index in [0.29, 0.717) is 10.9 Å². The summed E-state index contributed by atoms with van der Waals surface area (Å²) in [6, 6.07) is 6.95. The molecule has 0 saturated carbocycles. The van der Waals surface area contributed by atoms with Crippen LogP contribution in [0.25, 0.3) is 11.5 Å². The van der Waals surface area contributed by atoms with Gasteiger partial charge in [-0.3, -0.25) is 20.4 Å². The van der Waals surface area contributed by atoms with Gasteiger partial charge >= 0.3 is 0 Å². The molecule has 0 unspecified atom stereocenters. The lowest BCUT2D eigenvalue weighted by Crippen LogP contribution is -2.41. The molecule has 1 aromatic heterocycles. The van der Waals surface area contributed by atoms with Crippen LogP contribution in [0.15, 0.2) is 33.9 Å². The van der Waals surface area contributed by atoms with Gasteiger partial charge in [0.05, 0.1) is 5.75 Å². The number of carbonyl (C=O) groups excluding carboxylic acids is 2. The first-order chi connectivity index (χ1) is 10.0. The molecule has 110 valence electrons. The SMILES string of the molecule is CC(=O)NNC(=O)CSc1nnc(-c2ccc(Cl)cc2)o1. The second-order valence-corrected chi connectivity index (χ2v) is 5.26. The monoisotopic (exact) mass is 326 g/mol. The van der Waals surface area contributed by atoms with Gasteiger partial charge in [-0.1, -0.05) is 23.4 Å². The highest BCUT2D eigenvalue weighted by atomic mass is 35.5. The zero-order valence-corrected chi connectivity index (χ0v) is 12.5. The number of hydrogen-bond acceptors (Lipinski definition) is 6. The normalized spacial score (nSPS) is 10.2. The summed E-state index contributed by atoms with van der Waals surface area (Å²) >= 11 is 6.86. The maximum absolute atomic E-state index is 11.4. The summed E-state index contributed by atoms with van der Waals surface area (Å²) in [5, 5.41) is 8.59. The van der Waals surface area contributed by atoms with Crippen LogP contribution < -0.4 is 10.9 Å². The molecule has 0 aliphatic carbocycles. The molecule has 1 aromatic carbocycles. The summed E-state index contributed by atoms with van der Waals surface area (Å²) in [6.07, 6.45) is 0. The molecule has 2 N–H and O–H groups in total. The van der Waals surface area contributed by atoms with Gasteiger partial charge < -0.3 is 4.42 Å². The molecule has 9 heteroatoms. The third-order valence-electron chi connectivity index (χ3n) is 2.20. The van der Waals surface area contributed by atoms with Gasteiger partial charge in [0, 0.05) is 17.5 Å². The quantitative estimate of drug-likeness (QED) is 0.655. The first kappa shape index (κ1) is 15.3. The Hall–Kier alpha value is -2.06. The van der Waals surface area contributed by atoms with Gasteiger partial charge in [-0.05, 0) is 24.3 Å². The van der Waals surface area contributed by atoms with Gasteiger partial charge in [-0.25, -0.2) is 0 Å². The summed E-state index contributed by atoms with van der Waals surface area (Å²) in [6.45, 7) is 1.30. The Balaban J connectivity index is 1.90. The lowest BCUT2D eigenvalue weighted by molar-refractivity contribution is -0.126. The third kappa shape index (κ3) is 4.76. The number of nitrogens with zero attached hydrogens (tertiary/aromatic N) is 2. The predicted octanol–water partition coefficient (Wildman–Crippen LogP) is 1.65. The van der Waals surface area contributed by atoms with Crippen molar-refractivity contribution in [2.75, 3.05) is 5.75 Å². The number of aromatic nitrogens is 2. The van der Waals surface area contributed by atoms with Gasteiger partial charge in [-0.15, -0.1) is 10.2 Å². The van der Waals surface area contributed by atoms with Crippen molar-refractivity contribution in [3.63, 3.8) is 0 Å². The first-order valence-corrected chi connectivity index (χ1v) is 7.18. The Morgan fingerprint density at radius 3 is 2.62 bits per heavy atom. The second-order valence-electron chi connectivity index (χ2n) is 3.90. The highest BCUT2D eigenvalue weighted by molar-refractivity contribution is 7.99. The van der Waals surface area contributed by atoms with E-state index in [4.69, 9.17) is 16.0 Å². The molecule has 0 saturated heterocycles. The number of carbonyl (C=O) groups is 2. The van der Waals surface area contributed by atoms with Crippen molar-refractivity contribution in [1.82, 2.24) is 21.0 Å². The van der Waals surface area contributed by atoms with Crippen molar-refractivity contribution in [3.8, 4) is 11.5 Å². The molecule has 0 aliphatic heterocycles. The molecule has 0 atom stereocenters. The number of halogens is 1. The second kappa shape index (κ2) is 7.09. The van der Waals surface area contributed by atoms with E-state index in [1.54, 1.807) is 24.3 Å². The molecule has 1 heterocycles. The summed E-state index contributed by atoms with van der Waals surface area (Å²) in [4.78, 5) is 22.0. The number of benzene rings is 1. The van der Waals surface area contributed by atoms with E-state index in [1.807, 2.05) is 0 Å². The average Bonchev–Trinajstić information content (AvgIpc) is 2.92. The molecular formula is C12H11ClN4O3S. The fourth-order valence-electron chi connectivity index (χ4n) is 1.30. The Labute approximate surface area is 129 Å². The Bertz CT molecular complexity index is 644. The summed E-state index contributed by atoms with van der Waals surface area (Å²) in [7, 11) is 0. The lowest BCUT2D eigenvalue weighted by atomic mass is 10.2. The van der Waals surface area contributed by atoms with E-state index >= 15 is 0 Å². The van der Waals surface area contributed by atoms with E-state index in [0.717, 1.165) is 17.3 Å². The van der Waals surface area contributed by atoms with Crippen LogP contribution in [0.1, 0.15) is 6.92 Å². The smallest absolute Gasteiger partial charge is 0.277 e. The van der Waals surface area contributed by atoms with Crippen LogP contribution in [0.4, 0.5) is 0 Å². The molecule has 7 nitrogen and oxygen atoms in total. The number of hydrazine groups is 1. The van der Waals surface area contributed by atoms with Crippen molar-refractivity contribution >= 4 is 35.2 Å². The molecule has 2 aromatic rings. The molecule has 0 fully saturated rings.